The van der Waals surface area contributed by atoms with Crippen LogP contribution in [0.2, 0.25) is 0 Å². The van der Waals surface area contributed by atoms with Crippen LogP contribution >= 0.6 is 0 Å². The summed E-state index contributed by atoms with van der Waals surface area (Å²) in [6, 6.07) is 14.7. The molecule has 1 saturated heterocycles. The van der Waals surface area contributed by atoms with Gasteiger partial charge in [-0.2, -0.15) is 0 Å². The van der Waals surface area contributed by atoms with Crippen LogP contribution in [0.25, 0.3) is 11.3 Å². The maximum atomic E-state index is 12.2. The van der Waals surface area contributed by atoms with Crippen LogP contribution in [0.15, 0.2) is 54.9 Å². The number of nitrogens with zero attached hydrogens (tertiary/aromatic N) is 4. The summed E-state index contributed by atoms with van der Waals surface area (Å²) in [7, 11) is 1.65. The van der Waals surface area contributed by atoms with Crippen molar-refractivity contribution in [3.05, 3.63) is 77.5 Å². The number of nitrogens with one attached hydrogen (secondary N) is 1. The van der Waals surface area contributed by atoms with Gasteiger partial charge in [-0.15, -0.1) is 0 Å². The van der Waals surface area contributed by atoms with E-state index in [1.165, 1.54) is 5.56 Å². The Hall–Kier alpha value is -3.12. The molecule has 160 valence electrons. The first-order valence-corrected chi connectivity index (χ1v) is 10.9. The number of piperidine rings is 1. The lowest BCUT2D eigenvalue weighted by atomic mass is 9.90. The fraction of sp³-hybridized carbons (Fsp3) is 0.360. The second-order valence-electron chi connectivity index (χ2n) is 8.19. The van der Waals surface area contributed by atoms with E-state index in [0.29, 0.717) is 17.3 Å². The molecule has 1 aliphatic rings. The third-order valence-corrected chi connectivity index (χ3v) is 5.97. The molecule has 0 unspecified atom stereocenters. The second-order valence-corrected chi connectivity index (χ2v) is 8.19. The molecule has 1 N–H and O–H groups in total. The highest BCUT2D eigenvalue weighted by molar-refractivity contribution is 5.94. The molecule has 0 radical (unpaired) electrons. The average molecular weight is 416 g/mol. The van der Waals surface area contributed by atoms with E-state index in [0.717, 1.165) is 55.8 Å². The summed E-state index contributed by atoms with van der Waals surface area (Å²) in [6.07, 6.45) is 6.54. The summed E-state index contributed by atoms with van der Waals surface area (Å²) in [5.74, 6) is 1.15. The third kappa shape index (κ3) is 5.33. The van der Waals surface area contributed by atoms with Gasteiger partial charge in [-0.1, -0.05) is 30.3 Å². The van der Waals surface area contributed by atoms with Crippen molar-refractivity contribution in [1.29, 1.82) is 0 Å². The smallest absolute Gasteiger partial charge is 0.254 e. The van der Waals surface area contributed by atoms with Gasteiger partial charge in [0, 0.05) is 31.5 Å². The van der Waals surface area contributed by atoms with Gasteiger partial charge in [0.25, 0.3) is 5.91 Å². The molecule has 1 aliphatic heterocycles. The fourth-order valence-corrected chi connectivity index (χ4v) is 4.19. The minimum Gasteiger partial charge on any atom is -0.355 e. The van der Waals surface area contributed by atoms with E-state index in [1.807, 2.05) is 31.3 Å². The highest BCUT2D eigenvalue weighted by Crippen LogP contribution is 2.24. The van der Waals surface area contributed by atoms with Crippen LogP contribution in [0.4, 0.5) is 0 Å². The highest BCUT2D eigenvalue weighted by atomic mass is 16.1. The average Bonchev–Trinajstić information content (AvgIpc) is 2.81. The summed E-state index contributed by atoms with van der Waals surface area (Å²) in [5, 5.41) is 2.70. The minimum atomic E-state index is -0.110. The van der Waals surface area contributed by atoms with Gasteiger partial charge in [0.15, 0.2) is 0 Å². The van der Waals surface area contributed by atoms with Gasteiger partial charge in [0.05, 0.1) is 17.0 Å². The van der Waals surface area contributed by atoms with Crippen LogP contribution in [-0.2, 0) is 13.0 Å². The van der Waals surface area contributed by atoms with Crippen LogP contribution < -0.4 is 5.32 Å². The lowest BCUT2D eigenvalue weighted by molar-refractivity contribution is 0.0960. The molecule has 3 heterocycles. The number of rotatable bonds is 6. The Morgan fingerprint density at radius 3 is 2.55 bits per heavy atom. The number of pyridine rings is 1. The Bertz CT molecular complexity index is 1010. The molecule has 2 aromatic heterocycles. The van der Waals surface area contributed by atoms with E-state index in [-0.39, 0.29) is 5.91 Å². The van der Waals surface area contributed by atoms with Crippen molar-refractivity contribution in [2.24, 2.45) is 5.92 Å². The first-order valence-electron chi connectivity index (χ1n) is 10.9. The summed E-state index contributed by atoms with van der Waals surface area (Å²) in [4.78, 5) is 27.9. The zero-order valence-electron chi connectivity index (χ0n) is 18.2. The SMILES string of the molecule is CNC(=O)c1cnc(C)nc1CC1CCN(Cc2ccc(-c3ccccn3)cc2)CC1. The molecular weight excluding hydrogens is 386 g/mol. The van der Waals surface area contributed by atoms with Crippen molar-refractivity contribution in [3.63, 3.8) is 0 Å². The Labute approximate surface area is 183 Å². The van der Waals surface area contributed by atoms with Crippen LogP contribution in [0.3, 0.4) is 0 Å². The molecule has 0 saturated carbocycles. The van der Waals surface area contributed by atoms with Crippen LogP contribution in [0, 0.1) is 12.8 Å². The van der Waals surface area contributed by atoms with E-state index in [2.05, 4.69) is 49.4 Å². The molecule has 1 aromatic carbocycles. The maximum Gasteiger partial charge on any atom is 0.254 e. The summed E-state index contributed by atoms with van der Waals surface area (Å²) in [6.45, 7) is 4.96. The number of hydrogen-bond acceptors (Lipinski definition) is 5. The number of aromatic nitrogens is 3. The molecule has 1 fully saturated rings. The summed E-state index contributed by atoms with van der Waals surface area (Å²) < 4.78 is 0. The van der Waals surface area contributed by atoms with Gasteiger partial charge >= 0.3 is 0 Å². The first kappa shape index (κ1) is 21.1. The monoisotopic (exact) mass is 415 g/mol. The number of carbonyl (C=O) groups excluding carboxylic acids is 1. The Morgan fingerprint density at radius 1 is 1.10 bits per heavy atom. The van der Waals surface area contributed by atoms with Crippen molar-refractivity contribution in [3.8, 4) is 11.3 Å². The fourth-order valence-electron chi connectivity index (χ4n) is 4.19. The van der Waals surface area contributed by atoms with Gasteiger partial charge in [-0.3, -0.25) is 14.7 Å². The zero-order valence-corrected chi connectivity index (χ0v) is 18.2. The van der Waals surface area contributed by atoms with Gasteiger partial charge in [0.2, 0.25) is 0 Å². The first-order chi connectivity index (χ1) is 15.1. The lowest BCUT2D eigenvalue weighted by Crippen LogP contribution is -2.34. The summed E-state index contributed by atoms with van der Waals surface area (Å²) >= 11 is 0. The minimum absolute atomic E-state index is 0.110. The number of carbonyl (C=O) groups is 1. The zero-order chi connectivity index (χ0) is 21.6. The molecule has 0 bridgehead atoms. The molecule has 0 aliphatic carbocycles. The quantitative estimate of drug-likeness (QED) is 0.665. The van der Waals surface area contributed by atoms with Crippen molar-refractivity contribution < 1.29 is 4.79 Å². The summed E-state index contributed by atoms with van der Waals surface area (Å²) in [5.41, 5.74) is 4.95. The van der Waals surface area contributed by atoms with Gasteiger partial charge in [-0.05, 0) is 62.9 Å². The molecule has 31 heavy (non-hydrogen) atoms. The number of benzene rings is 1. The Kier molecular flexibility index (Phi) is 6.67. The molecule has 4 rings (SSSR count). The predicted octanol–water partition coefficient (Wildman–Crippen LogP) is 3.66. The number of hydrogen-bond donors (Lipinski definition) is 1. The molecule has 6 heteroatoms. The van der Waals surface area contributed by atoms with Gasteiger partial charge in [-0.25, -0.2) is 9.97 Å². The molecule has 6 nitrogen and oxygen atoms in total. The largest absolute Gasteiger partial charge is 0.355 e. The predicted molar refractivity (Wildman–Crippen MR) is 122 cm³/mol. The Morgan fingerprint density at radius 2 is 1.87 bits per heavy atom. The van der Waals surface area contributed by atoms with Crippen LogP contribution in [0.5, 0.6) is 0 Å². The molecular formula is C25H29N5O. The third-order valence-electron chi connectivity index (χ3n) is 5.97. The van der Waals surface area contributed by atoms with Crippen LogP contribution in [0.1, 0.15) is 40.3 Å². The topological polar surface area (TPSA) is 71.0 Å². The molecule has 0 spiro atoms. The van der Waals surface area contributed by atoms with E-state index >= 15 is 0 Å². The number of amides is 1. The normalized spacial score (nSPS) is 15.0. The molecule has 0 atom stereocenters. The van der Waals surface area contributed by atoms with Crippen molar-refractivity contribution in [1.82, 2.24) is 25.2 Å². The van der Waals surface area contributed by atoms with Crippen molar-refractivity contribution in [2.45, 2.75) is 32.7 Å². The maximum absolute atomic E-state index is 12.2. The van der Waals surface area contributed by atoms with Gasteiger partial charge < -0.3 is 5.32 Å². The van der Waals surface area contributed by atoms with Gasteiger partial charge in [0.1, 0.15) is 5.82 Å². The highest BCUT2D eigenvalue weighted by Gasteiger charge is 2.22. The Balaban J connectivity index is 1.32. The standard InChI is InChI=1S/C25H29N5O/c1-18-28-16-22(25(31)26-2)24(29-18)15-19-10-13-30(14-11-19)17-20-6-8-21(9-7-20)23-5-3-4-12-27-23/h3-9,12,16,19H,10-11,13-15,17H2,1-2H3,(H,26,31). The molecule has 3 aromatic rings. The van der Waals surface area contributed by atoms with Crippen LogP contribution in [-0.4, -0.2) is 45.9 Å². The van der Waals surface area contributed by atoms with Crippen molar-refractivity contribution >= 4 is 5.91 Å². The van der Waals surface area contributed by atoms with Crippen molar-refractivity contribution in [2.75, 3.05) is 20.1 Å². The number of aryl methyl sites for hydroxylation is 1. The lowest BCUT2D eigenvalue weighted by Gasteiger charge is -2.32. The van der Waals surface area contributed by atoms with E-state index in [9.17, 15) is 4.79 Å². The molecule has 1 amide bonds. The second kappa shape index (κ2) is 9.79. The van der Waals surface area contributed by atoms with E-state index < -0.39 is 0 Å². The van der Waals surface area contributed by atoms with E-state index in [1.54, 1.807) is 13.2 Å². The van der Waals surface area contributed by atoms with E-state index in [4.69, 9.17) is 0 Å². The number of likely N-dealkylation sites (tertiary alicyclic amines) is 1.